The Labute approximate surface area is 329 Å². The molecule has 17 heteroatoms. The normalized spacial score (nSPS) is 11.4. The Morgan fingerprint density at radius 3 is 1.18 bits per heavy atom. The number of benzene rings is 4. The minimum absolute atomic E-state index is 0. The first kappa shape index (κ1) is 45.4. The summed E-state index contributed by atoms with van der Waals surface area (Å²) in [6, 6.07) is 23.5. The topological polar surface area (TPSA) is 225 Å². The van der Waals surface area contributed by atoms with Gasteiger partial charge in [-0.05, 0) is 88.4 Å². The van der Waals surface area contributed by atoms with Crippen LogP contribution in [-0.2, 0) is 46.1 Å². The average Bonchev–Trinajstić information content (AvgIpc) is 3.76. The molecule has 0 fully saturated rings. The first-order chi connectivity index (χ1) is 25.4. The maximum Gasteiger partial charge on any atom is 2.00 e. The monoisotopic (exact) mass is 832 g/mol. The molecule has 2 aromatic heterocycles. The number of carbonyl (C=O) groups is 2. The number of ketones is 2. The van der Waals surface area contributed by atoms with Gasteiger partial charge in [-0.15, -0.1) is 11.5 Å². The predicted octanol–water partition coefficient (Wildman–Crippen LogP) is 5.55. The molecule has 2 heterocycles. The van der Waals surface area contributed by atoms with E-state index in [4.69, 9.17) is 8.83 Å². The Hall–Kier alpha value is -5.77. The maximum absolute atomic E-state index is 12.3. The molecule has 0 aliphatic heterocycles. The summed E-state index contributed by atoms with van der Waals surface area (Å²) in [7, 11) is -7.26. The number of fused-ring (bicyclic) bond motifs is 2. The van der Waals surface area contributed by atoms with E-state index in [0.29, 0.717) is 33.6 Å². The summed E-state index contributed by atoms with van der Waals surface area (Å²) >= 11 is 0. The first-order valence-corrected chi connectivity index (χ1v) is 18.9. The van der Waals surface area contributed by atoms with Crippen LogP contribution >= 0.6 is 0 Å². The fraction of sp³-hybridized carbons (Fsp3) is 0.158. The van der Waals surface area contributed by atoms with Gasteiger partial charge in [0.1, 0.15) is 11.0 Å². The average molecular weight is 834 g/mol. The fourth-order valence-corrected chi connectivity index (χ4v) is 6.49. The van der Waals surface area contributed by atoms with Gasteiger partial charge in [0, 0.05) is 0 Å². The number of carbonyl (C=O) groups excluding carboxylic acids is 2. The molecule has 0 amide bonds. The van der Waals surface area contributed by atoms with Gasteiger partial charge in [0.2, 0.25) is 0 Å². The van der Waals surface area contributed by atoms with E-state index in [1.165, 1.54) is 40.5 Å². The third-order valence-corrected chi connectivity index (χ3v) is 9.45. The largest absolute Gasteiger partial charge is 2.00 e. The van der Waals surface area contributed by atoms with Gasteiger partial charge in [-0.2, -0.15) is 0 Å². The van der Waals surface area contributed by atoms with Crippen molar-refractivity contribution in [2.45, 2.75) is 51.3 Å². The van der Waals surface area contributed by atoms with E-state index in [0.717, 1.165) is 23.3 Å². The van der Waals surface area contributed by atoms with Crippen molar-refractivity contribution < 1.29 is 62.0 Å². The van der Waals surface area contributed by atoms with E-state index >= 15 is 0 Å². The number of sulfonamides is 2. The SMILES string of the molecule is CC(=O)/C=C(/C)[O-].CC(=O)/C=C(/C)[O-].Cc1ccc(S(=O)(=O)Nc2cccc3ocnc23)cc1.Cc1ccc(S(=O)(=O)Nc2cccc3ocnc23)cc1.[Ni+2]. The third kappa shape index (κ3) is 14.5. The number of nitrogens with one attached hydrogen (secondary N) is 2. The summed E-state index contributed by atoms with van der Waals surface area (Å²) in [6.07, 6.45) is 4.68. The summed E-state index contributed by atoms with van der Waals surface area (Å²) in [5.41, 5.74) is 4.85. The number of allylic oxidation sites excluding steroid dienone is 4. The van der Waals surface area contributed by atoms with Gasteiger partial charge in [-0.3, -0.25) is 19.0 Å². The van der Waals surface area contributed by atoms with E-state index in [9.17, 15) is 36.6 Å². The standard InChI is InChI=1S/2C14H12N2O3S.2C5H8O2.Ni/c2*1-10-5-7-11(8-6-10)20(17,18)16-12-3-2-4-13-14(12)15-9-19-13;2*1-4(6)3-5(2)7;/h2*2-9,16H,1H3;2*3,6H,1-2H3;/q;;;;+2/p-2/b;;2*4-3-;. The Balaban J connectivity index is 0.000000281. The maximum atomic E-state index is 12.3. The van der Waals surface area contributed by atoms with Crippen LogP contribution in [0.15, 0.2) is 140 Å². The molecule has 292 valence electrons. The first-order valence-electron chi connectivity index (χ1n) is 15.9. The summed E-state index contributed by atoms with van der Waals surface area (Å²) in [5.74, 6) is -0.750. The number of anilines is 2. The molecule has 4 aromatic carbocycles. The third-order valence-electron chi connectivity index (χ3n) is 6.69. The minimum atomic E-state index is -3.63. The zero-order valence-corrected chi connectivity index (χ0v) is 33.1. The number of aromatic nitrogens is 2. The summed E-state index contributed by atoms with van der Waals surface area (Å²) in [5, 5.41) is 20.0. The molecule has 0 bridgehead atoms. The van der Waals surface area contributed by atoms with Crippen LogP contribution in [-0.4, -0.2) is 38.4 Å². The van der Waals surface area contributed by atoms with Crippen LogP contribution in [0.3, 0.4) is 0 Å². The van der Waals surface area contributed by atoms with Crippen molar-refractivity contribution in [3.8, 4) is 0 Å². The molecule has 2 N–H and O–H groups in total. The molecule has 6 rings (SSSR count). The molecule has 0 aliphatic carbocycles. The van der Waals surface area contributed by atoms with Crippen molar-refractivity contribution in [2.24, 2.45) is 0 Å². The molecule has 6 aromatic rings. The van der Waals surface area contributed by atoms with Gasteiger partial charge >= 0.3 is 16.5 Å². The molecule has 0 radical (unpaired) electrons. The van der Waals surface area contributed by atoms with E-state index in [1.807, 2.05) is 13.8 Å². The second-order valence-electron chi connectivity index (χ2n) is 11.6. The van der Waals surface area contributed by atoms with Crippen molar-refractivity contribution in [3.05, 3.63) is 133 Å². The van der Waals surface area contributed by atoms with E-state index < -0.39 is 20.0 Å². The van der Waals surface area contributed by atoms with Crippen LogP contribution in [0, 0.1) is 13.8 Å². The molecular formula is C38H38N4NiO10S2. The molecule has 0 unspecified atom stereocenters. The zero-order chi connectivity index (χ0) is 40.1. The number of aryl methyl sites for hydroxylation is 2. The number of oxazole rings is 2. The Morgan fingerprint density at radius 2 is 0.909 bits per heavy atom. The van der Waals surface area contributed by atoms with E-state index in [2.05, 4.69) is 19.4 Å². The van der Waals surface area contributed by atoms with Gasteiger partial charge < -0.3 is 19.0 Å². The quantitative estimate of drug-likeness (QED) is 0.109. The molecule has 0 spiro atoms. The minimum Gasteiger partial charge on any atom is -0.876 e. The van der Waals surface area contributed by atoms with Crippen molar-refractivity contribution >= 4 is 65.2 Å². The summed E-state index contributed by atoms with van der Waals surface area (Å²) in [6.45, 7) is 9.20. The van der Waals surface area contributed by atoms with Crippen molar-refractivity contribution in [2.75, 3.05) is 9.44 Å². The molecule has 14 nitrogen and oxygen atoms in total. The van der Waals surface area contributed by atoms with Gasteiger partial charge in [0.15, 0.2) is 35.5 Å². The number of hydrogen-bond acceptors (Lipinski definition) is 12. The van der Waals surface area contributed by atoms with Gasteiger partial charge in [0.25, 0.3) is 20.0 Å². The molecule has 0 aliphatic rings. The van der Waals surface area contributed by atoms with Gasteiger partial charge in [0.05, 0.1) is 21.2 Å². The van der Waals surface area contributed by atoms with Gasteiger partial charge in [-0.25, -0.2) is 26.8 Å². The number of rotatable bonds is 8. The van der Waals surface area contributed by atoms with Crippen molar-refractivity contribution in [3.63, 3.8) is 0 Å². The van der Waals surface area contributed by atoms with E-state index in [-0.39, 0.29) is 49.4 Å². The molecule has 0 saturated heterocycles. The predicted molar refractivity (Wildman–Crippen MR) is 201 cm³/mol. The van der Waals surface area contributed by atoms with Crippen LogP contribution in [0.5, 0.6) is 0 Å². The van der Waals surface area contributed by atoms with Crippen LogP contribution in [0.2, 0.25) is 0 Å². The number of hydrogen-bond donors (Lipinski definition) is 2. The Morgan fingerprint density at radius 1 is 0.582 bits per heavy atom. The fourth-order valence-electron chi connectivity index (χ4n) is 4.35. The van der Waals surface area contributed by atoms with E-state index in [1.54, 1.807) is 84.9 Å². The van der Waals surface area contributed by atoms with Crippen molar-refractivity contribution in [1.82, 2.24) is 9.97 Å². The van der Waals surface area contributed by atoms with Crippen LogP contribution < -0.4 is 19.7 Å². The molecule has 55 heavy (non-hydrogen) atoms. The summed E-state index contributed by atoms with van der Waals surface area (Å²) in [4.78, 5) is 28.4. The van der Waals surface area contributed by atoms with Crippen molar-refractivity contribution in [1.29, 1.82) is 0 Å². The van der Waals surface area contributed by atoms with Gasteiger partial charge in [-0.1, -0.05) is 61.4 Å². The molecular weight excluding hydrogens is 795 g/mol. The van der Waals surface area contributed by atoms with Crippen LogP contribution in [0.4, 0.5) is 11.4 Å². The second kappa shape index (κ2) is 20.6. The zero-order valence-electron chi connectivity index (χ0n) is 30.5. The second-order valence-corrected chi connectivity index (χ2v) is 14.9. The van der Waals surface area contributed by atoms with Crippen LogP contribution in [0.25, 0.3) is 22.2 Å². The van der Waals surface area contributed by atoms with Crippen LogP contribution in [0.1, 0.15) is 38.8 Å². The number of para-hydroxylation sites is 2. The Kier molecular flexibility index (Phi) is 17.0. The smallest absolute Gasteiger partial charge is 0.876 e. The molecule has 0 atom stereocenters. The molecule has 0 saturated carbocycles. The summed E-state index contributed by atoms with van der Waals surface area (Å²) < 4.78 is 64.6. The Bertz CT molecular complexity index is 2310. The number of nitrogens with zero attached hydrogens (tertiary/aromatic N) is 2.